The Morgan fingerprint density at radius 1 is 1.00 bits per heavy atom. The SMILES string of the molecule is CCOC(=O)CNC(=O)c1nc[nH]c1C(=O)NCC(=O)OCC. The molecule has 1 aromatic rings. The van der Waals surface area contributed by atoms with E-state index in [2.05, 4.69) is 30.1 Å². The summed E-state index contributed by atoms with van der Waals surface area (Å²) in [7, 11) is 0. The molecule has 126 valence electrons. The summed E-state index contributed by atoms with van der Waals surface area (Å²) >= 11 is 0. The van der Waals surface area contributed by atoms with Gasteiger partial charge in [0.25, 0.3) is 11.8 Å². The summed E-state index contributed by atoms with van der Waals surface area (Å²) in [4.78, 5) is 52.4. The average Bonchev–Trinajstić information content (AvgIpc) is 3.00. The van der Waals surface area contributed by atoms with E-state index >= 15 is 0 Å². The first-order valence-corrected chi connectivity index (χ1v) is 6.90. The Bertz CT molecular complexity index is 534. The van der Waals surface area contributed by atoms with Crippen LogP contribution in [0.3, 0.4) is 0 Å². The molecule has 0 aliphatic rings. The van der Waals surface area contributed by atoms with Crippen LogP contribution < -0.4 is 10.6 Å². The Hall–Kier alpha value is -2.91. The van der Waals surface area contributed by atoms with Crippen LogP contribution in [0.2, 0.25) is 0 Å². The summed E-state index contributed by atoms with van der Waals surface area (Å²) in [5.74, 6) is -2.63. The number of aromatic amines is 1. The maximum absolute atomic E-state index is 11.9. The summed E-state index contributed by atoms with van der Waals surface area (Å²) in [6, 6.07) is 0. The highest BCUT2D eigenvalue weighted by atomic mass is 16.5. The van der Waals surface area contributed by atoms with Gasteiger partial charge < -0.3 is 25.1 Å². The fourth-order valence-electron chi connectivity index (χ4n) is 1.54. The van der Waals surface area contributed by atoms with Gasteiger partial charge in [0, 0.05) is 0 Å². The third kappa shape index (κ3) is 5.77. The van der Waals surface area contributed by atoms with Crippen LogP contribution in [0.5, 0.6) is 0 Å². The van der Waals surface area contributed by atoms with Crippen LogP contribution in [0, 0.1) is 0 Å². The molecular weight excluding hydrogens is 308 g/mol. The number of aromatic nitrogens is 2. The third-order valence-electron chi connectivity index (χ3n) is 2.48. The normalized spacial score (nSPS) is 9.83. The highest BCUT2D eigenvalue weighted by Gasteiger charge is 2.21. The number of ether oxygens (including phenoxy) is 2. The first-order chi connectivity index (χ1) is 11.0. The highest BCUT2D eigenvalue weighted by molar-refractivity contribution is 6.05. The third-order valence-corrected chi connectivity index (χ3v) is 2.48. The number of hydrogen-bond donors (Lipinski definition) is 3. The first-order valence-electron chi connectivity index (χ1n) is 6.90. The maximum Gasteiger partial charge on any atom is 0.325 e. The van der Waals surface area contributed by atoms with Crippen molar-refractivity contribution >= 4 is 23.8 Å². The van der Waals surface area contributed by atoms with E-state index in [0.29, 0.717) is 0 Å². The largest absolute Gasteiger partial charge is 0.465 e. The van der Waals surface area contributed by atoms with Gasteiger partial charge in [0.2, 0.25) is 0 Å². The molecule has 0 radical (unpaired) electrons. The Kier molecular flexibility index (Phi) is 7.24. The Morgan fingerprint density at radius 2 is 1.52 bits per heavy atom. The van der Waals surface area contributed by atoms with Gasteiger partial charge in [0.1, 0.15) is 18.8 Å². The zero-order valence-corrected chi connectivity index (χ0v) is 12.8. The lowest BCUT2D eigenvalue weighted by atomic mass is 10.3. The Balaban J connectivity index is 2.60. The van der Waals surface area contributed by atoms with Crippen molar-refractivity contribution in [1.82, 2.24) is 20.6 Å². The van der Waals surface area contributed by atoms with Gasteiger partial charge in [-0.3, -0.25) is 19.2 Å². The van der Waals surface area contributed by atoms with Crippen LogP contribution >= 0.6 is 0 Å². The molecule has 1 heterocycles. The summed E-state index contributed by atoms with van der Waals surface area (Å²) in [6.45, 7) is 2.98. The van der Waals surface area contributed by atoms with Crippen molar-refractivity contribution in [3.63, 3.8) is 0 Å². The van der Waals surface area contributed by atoms with Gasteiger partial charge in [0.15, 0.2) is 5.69 Å². The van der Waals surface area contributed by atoms with Crippen molar-refractivity contribution in [2.75, 3.05) is 26.3 Å². The van der Waals surface area contributed by atoms with E-state index in [1.54, 1.807) is 13.8 Å². The molecule has 10 heteroatoms. The number of carbonyl (C=O) groups is 4. The molecule has 1 rings (SSSR count). The van der Waals surface area contributed by atoms with Crippen molar-refractivity contribution < 1.29 is 28.7 Å². The predicted molar refractivity (Wildman–Crippen MR) is 76.5 cm³/mol. The molecule has 0 aliphatic carbocycles. The zero-order chi connectivity index (χ0) is 17.2. The molecule has 0 atom stereocenters. The number of H-pyrrole nitrogens is 1. The molecule has 0 unspecified atom stereocenters. The monoisotopic (exact) mass is 326 g/mol. The van der Waals surface area contributed by atoms with Crippen molar-refractivity contribution in [2.45, 2.75) is 13.8 Å². The van der Waals surface area contributed by atoms with E-state index < -0.39 is 23.8 Å². The molecule has 10 nitrogen and oxygen atoms in total. The lowest BCUT2D eigenvalue weighted by Crippen LogP contribution is -2.35. The van der Waals surface area contributed by atoms with Crippen LogP contribution in [0.4, 0.5) is 0 Å². The minimum Gasteiger partial charge on any atom is -0.465 e. The highest BCUT2D eigenvalue weighted by Crippen LogP contribution is 2.02. The number of nitrogens with zero attached hydrogens (tertiary/aromatic N) is 1. The quantitative estimate of drug-likeness (QED) is 0.520. The van der Waals surface area contributed by atoms with E-state index in [1.165, 1.54) is 0 Å². The number of esters is 2. The minimum atomic E-state index is -0.722. The van der Waals surface area contributed by atoms with Crippen molar-refractivity contribution in [3.8, 4) is 0 Å². The van der Waals surface area contributed by atoms with Crippen molar-refractivity contribution in [2.24, 2.45) is 0 Å². The Labute approximate surface area is 131 Å². The van der Waals surface area contributed by atoms with Gasteiger partial charge in [-0.05, 0) is 13.8 Å². The number of hydrogen-bond acceptors (Lipinski definition) is 7. The number of imidazole rings is 1. The molecule has 1 aromatic heterocycles. The zero-order valence-electron chi connectivity index (χ0n) is 12.8. The van der Waals surface area contributed by atoms with Gasteiger partial charge in [-0.2, -0.15) is 0 Å². The second-order valence-electron chi connectivity index (χ2n) is 4.10. The summed E-state index contributed by atoms with van der Waals surface area (Å²) in [6.07, 6.45) is 1.15. The fourth-order valence-corrected chi connectivity index (χ4v) is 1.54. The minimum absolute atomic E-state index is 0.129. The summed E-state index contributed by atoms with van der Waals surface area (Å²) in [5.41, 5.74) is -0.327. The standard InChI is InChI=1S/C13H18N4O6/c1-3-22-8(18)5-14-12(20)10-11(17-7-16-10)13(21)15-6-9(19)23-4-2/h7H,3-6H2,1-2H3,(H,14,20)(H,15,21)(H,16,17). The molecule has 0 fully saturated rings. The molecule has 23 heavy (non-hydrogen) atoms. The van der Waals surface area contributed by atoms with Gasteiger partial charge in [-0.15, -0.1) is 0 Å². The van der Waals surface area contributed by atoms with Crippen LogP contribution in [-0.2, 0) is 19.1 Å². The van der Waals surface area contributed by atoms with Crippen LogP contribution in [-0.4, -0.2) is 60.0 Å². The molecule has 0 spiro atoms. The second-order valence-corrected chi connectivity index (χ2v) is 4.10. The molecule has 0 bridgehead atoms. The molecule has 0 saturated heterocycles. The predicted octanol–water partition coefficient (Wildman–Crippen LogP) is -1.00. The summed E-state index contributed by atoms with van der Waals surface area (Å²) in [5, 5.41) is 4.58. The van der Waals surface area contributed by atoms with Gasteiger partial charge in [-0.1, -0.05) is 0 Å². The van der Waals surface area contributed by atoms with Gasteiger partial charge >= 0.3 is 11.9 Å². The fraction of sp³-hybridized carbons (Fsp3) is 0.462. The molecule has 0 aliphatic heterocycles. The molecule has 2 amide bonds. The van der Waals surface area contributed by atoms with Crippen molar-refractivity contribution in [1.29, 1.82) is 0 Å². The van der Waals surface area contributed by atoms with Crippen LogP contribution in [0.25, 0.3) is 0 Å². The van der Waals surface area contributed by atoms with E-state index in [0.717, 1.165) is 6.33 Å². The number of rotatable bonds is 8. The van der Waals surface area contributed by atoms with Gasteiger partial charge in [-0.25, -0.2) is 4.98 Å². The Morgan fingerprint density at radius 3 is 2.04 bits per heavy atom. The number of nitrogens with one attached hydrogen (secondary N) is 3. The van der Waals surface area contributed by atoms with Crippen molar-refractivity contribution in [3.05, 3.63) is 17.7 Å². The van der Waals surface area contributed by atoms with Crippen LogP contribution in [0.15, 0.2) is 6.33 Å². The van der Waals surface area contributed by atoms with Crippen LogP contribution in [0.1, 0.15) is 34.8 Å². The smallest absolute Gasteiger partial charge is 0.325 e. The van der Waals surface area contributed by atoms with E-state index in [9.17, 15) is 19.2 Å². The average molecular weight is 326 g/mol. The van der Waals surface area contributed by atoms with Gasteiger partial charge in [0.05, 0.1) is 19.5 Å². The molecular formula is C13H18N4O6. The first kappa shape index (κ1) is 18.1. The maximum atomic E-state index is 11.9. The number of carbonyl (C=O) groups excluding carboxylic acids is 4. The molecule has 3 N–H and O–H groups in total. The van der Waals surface area contributed by atoms with E-state index in [-0.39, 0.29) is 37.7 Å². The number of amides is 2. The summed E-state index contributed by atoms with van der Waals surface area (Å²) < 4.78 is 9.33. The van der Waals surface area contributed by atoms with E-state index in [1.807, 2.05) is 0 Å². The molecule has 0 aromatic carbocycles. The van der Waals surface area contributed by atoms with E-state index in [4.69, 9.17) is 0 Å². The topological polar surface area (TPSA) is 139 Å². The lowest BCUT2D eigenvalue weighted by molar-refractivity contribution is -0.142. The lowest BCUT2D eigenvalue weighted by Gasteiger charge is -2.06. The molecule has 0 saturated carbocycles. The second kappa shape index (κ2) is 9.18.